The highest BCUT2D eigenvalue weighted by Crippen LogP contribution is 2.39. The van der Waals surface area contributed by atoms with Gasteiger partial charge in [0.2, 0.25) is 0 Å². The van der Waals surface area contributed by atoms with Crippen LogP contribution in [0.4, 0.5) is 0 Å². The molecule has 2 aliphatic carbocycles. The number of carbonyl (C=O) groups is 1. The number of fused-ring (bicyclic) bond motifs is 2. The van der Waals surface area contributed by atoms with Crippen LogP contribution in [0, 0.1) is 0 Å². The lowest BCUT2D eigenvalue weighted by Crippen LogP contribution is -2.00. The van der Waals surface area contributed by atoms with Crippen LogP contribution in [0.2, 0.25) is 0 Å². The smallest absolute Gasteiger partial charge is 0.159 e. The summed E-state index contributed by atoms with van der Waals surface area (Å²) in [6, 6.07) is 6.28. The number of carbonyl (C=O) groups excluding carboxylic acids is 1. The Balaban J connectivity index is 2.20. The van der Waals surface area contributed by atoms with Gasteiger partial charge in [-0.1, -0.05) is 6.07 Å². The highest BCUT2D eigenvalue weighted by atomic mass is 32.1. The number of hydrogen-bond acceptors (Lipinski definition) is 2. The van der Waals surface area contributed by atoms with E-state index in [0.717, 1.165) is 36.2 Å². The van der Waals surface area contributed by atoms with Crippen molar-refractivity contribution in [2.24, 2.45) is 0 Å². The Kier molecular flexibility index (Phi) is 2.40. The quantitative estimate of drug-likeness (QED) is 0.676. The molecular formula is C14H14OS. The first-order valence-corrected chi connectivity index (χ1v) is 6.28. The first-order chi connectivity index (χ1) is 7.75. The Morgan fingerprint density at radius 1 is 1.00 bits per heavy atom. The van der Waals surface area contributed by atoms with Crippen LogP contribution in [-0.4, -0.2) is 5.78 Å². The second-order valence-electron chi connectivity index (χ2n) is 4.58. The van der Waals surface area contributed by atoms with Crippen LogP contribution < -0.4 is 0 Å². The third kappa shape index (κ3) is 1.52. The molecule has 0 unspecified atom stereocenters. The van der Waals surface area contributed by atoms with Gasteiger partial charge in [0.05, 0.1) is 0 Å². The second-order valence-corrected chi connectivity index (χ2v) is 5.09. The number of allylic oxidation sites excluding steroid dienone is 2. The zero-order valence-corrected chi connectivity index (χ0v) is 10.0. The SMILES string of the molecule is O=C1CCc2cc(S)ccc2C2=C1CCC2. The molecule has 0 bridgehead atoms. The Morgan fingerprint density at radius 2 is 1.81 bits per heavy atom. The summed E-state index contributed by atoms with van der Waals surface area (Å²) in [5.41, 5.74) is 5.01. The third-order valence-electron chi connectivity index (χ3n) is 3.59. The topological polar surface area (TPSA) is 17.1 Å². The Hall–Kier alpha value is -1.02. The van der Waals surface area contributed by atoms with Crippen molar-refractivity contribution >= 4 is 24.0 Å². The molecule has 82 valence electrons. The third-order valence-corrected chi connectivity index (χ3v) is 3.87. The van der Waals surface area contributed by atoms with Crippen molar-refractivity contribution in [2.45, 2.75) is 37.0 Å². The van der Waals surface area contributed by atoms with Crippen LogP contribution in [0.15, 0.2) is 28.7 Å². The fraction of sp³-hybridized carbons (Fsp3) is 0.357. The standard InChI is InChI=1S/C14H14OS/c15-14-7-4-9-8-10(16)5-6-11(9)12-2-1-3-13(12)14/h5-6,8,16H,1-4,7H2. The van der Waals surface area contributed by atoms with Crippen molar-refractivity contribution < 1.29 is 4.79 Å². The molecule has 2 heteroatoms. The van der Waals surface area contributed by atoms with Crippen molar-refractivity contribution in [1.29, 1.82) is 0 Å². The number of ketones is 1. The first kappa shape index (κ1) is 10.2. The second kappa shape index (κ2) is 3.77. The van der Waals surface area contributed by atoms with Gasteiger partial charge in [-0.25, -0.2) is 0 Å². The largest absolute Gasteiger partial charge is 0.295 e. The molecule has 0 aliphatic heterocycles. The van der Waals surface area contributed by atoms with E-state index < -0.39 is 0 Å². The minimum absolute atomic E-state index is 0.365. The van der Waals surface area contributed by atoms with E-state index in [1.807, 2.05) is 6.07 Å². The Morgan fingerprint density at radius 3 is 2.69 bits per heavy atom. The van der Waals surface area contributed by atoms with E-state index in [0.29, 0.717) is 12.2 Å². The molecule has 0 radical (unpaired) electrons. The van der Waals surface area contributed by atoms with Gasteiger partial charge in [-0.2, -0.15) is 0 Å². The van der Waals surface area contributed by atoms with Crippen LogP contribution in [0.25, 0.3) is 5.57 Å². The lowest BCUT2D eigenvalue weighted by atomic mass is 9.98. The van der Waals surface area contributed by atoms with Gasteiger partial charge in [-0.05, 0) is 60.1 Å². The average molecular weight is 230 g/mol. The molecule has 1 aromatic carbocycles. The molecule has 0 N–H and O–H groups in total. The Bertz CT molecular complexity index is 499. The van der Waals surface area contributed by atoms with Gasteiger partial charge in [0.15, 0.2) is 5.78 Å². The van der Waals surface area contributed by atoms with Gasteiger partial charge >= 0.3 is 0 Å². The van der Waals surface area contributed by atoms with Crippen molar-refractivity contribution in [3.8, 4) is 0 Å². The van der Waals surface area contributed by atoms with E-state index >= 15 is 0 Å². The molecular weight excluding hydrogens is 216 g/mol. The minimum Gasteiger partial charge on any atom is -0.295 e. The zero-order valence-electron chi connectivity index (χ0n) is 9.12. The number of aryl methyl sites for hydroxylation is 1. The summed E-state index contributed by atoms with van der Waals surface area (Å²) in [6.45, 7) is 0. The molecule has 1 nitrogen and oxygen atoms in total. The fourth-order valence-electron chi connectivity index (χ4n) is 2.83. The highest BCUT2D eigenvalue weighted by molar-refractivity contribution is 7.80. The summed E-state index contributed by atoms with van der Waals surface area (Å²) in [6.07, 6.45) is 4.73. The average Bonchev–Trinajstić information content (AvgIpc) is 2.70. The van der Waals surface area contributed by atoms with Gasteiger partial charge < -0.3 is 0 Å². The molecule has 0 heterocycles. The maximum Gasteiger partial charge on any atom is 0.159 e. The van der Waals surface area contributed by atoms with Crippen molar-refractivity contribution in [3.05, 3.63) is 34.9 Å². The van der Waals surface area contributed by atoms with Crippen molar-refractivity contribution in [3.63, 3.8) is 0 Å². The summed E-state index contributed by atoms with van der Waals surface area (Å²) >= 11 is 4.37. The first-order valence-electron chi connectivity index (χ1n) is 5.83. The maximum absolute atomic E-state index is 12.0. The number of hydrogen-bond donors (Lipinski definition) is 1. The molecule has 0 atom stereocenters. The normalized spacial score (nSPS) is 19.4. The van der Waals surface area contributed by atoms with Crippen LogP contribution in [-0.2, 0) is 11.2 Å². The van der Waals surface area contributed by atoms with E-state index in [2.05, 4.69) is 24.8 Å². The molecule has 0 saturated carbocycles. The lowest BCUT2D eigenvalue weighted by Gasteiger charge is -2.08. The summed E-state index contributed by atoms with van der Waals surface area (Å²) in [7, 11) is 0. The predicted octanol–water partition coefficient (Wildman–Crippen LogP) is 3.43. The summed E-state index contributed by atoms with van der Waals surface area (Å²) < 4.78 is 0. The predicted molar refractivity (Wildman–Crippen MR) is 67.8 cm³/mol. The molecule has 1 aromatic rings. The molecule has 0 fully saturated rings. The number of benzene rings is 1. The molecule has 0 saturated heterocycles. The van der Waals surface area contributed by atoms with Gasteiger partial charge in [0.1, 0.15) is 0 Å². The van der Waals surface area contributed by atoms with E-state index in [-0.39, 0.29) is 0 Å². The highest BCUT2D eigenvalue weighted by Gasteiger charge is 2.26. The molecule has 16 heavy (non-hydrogen) atoms. The molecule has 3 rings (SSSR count). The van der Waals surface area contributed by atoms with E-state index in [9.17, 15) is 4.79 Å². The summed E-state index contributed by atoms with van der Waals surface area (Å²) in [5, 5.41) is 0. The van der Waals surface area contributed by atoms with Crippen LogP contribution in [0.1, 0.15) is 36.8 Å². The van der Waals surface area contributed by atoms with Crippen LogP contribution in [0.3, 0.4) is 0 Å². The van der Waals surface area contributed by atoms with Crippen LogP contribution in [0.5, 0.6) is 0 Å². The van der Waals surface area contributed by atoms with Crippen LogP contribution >= 0.6 is 12.6 Å². The number of rotatable bonds is 0. The van der Waals surface area contributed by atoms with E-state index in [1.54, 1.807) is 0 Å². The van der Waals surface area contributed by atoms with Gasteiger partial charge in [-0.15, -0.1) is 12.6 Å². The van der Waals surface area contributed by atoms with Gasteiger partial charge in [0.25, 0.3) is 0 Å². The van der Waals surface area contributed by atoms with Gasteiger partial charge in [0, 0.05) is 11.3 Å². The van der Waals surface area contributed by atoms with E-state index in [4.69, 9.17) is 0 Å². The molecule has 0 spiro atoms. The number of thiol groups is 1. The van der Waals surface area contributed by atoms with Crippen molar-refractivity contribution in [2.75, 3.05) is 0 Å². The number of Topliss-reactive ketones (excluding diaryl/α,β-unsaturated/α-hetero) is 1. The Labute approximate surface area is 101 Å². The molecule has 2 aliphatic rings. The maximum atomic E-state index is 12.0. The van der Waals surface area contributed by atoms with E-state index in [1.165, 1.54) is 16.7 Å². The molecule has 0 aromatic heterocycles. The lowest BCUT2D eigenvalue weighted by molar-refractivity contribution is -0.115. The zero-order chi connectivity index (χ0) is 11.1. The fourth-order valence-corrected chi connectivity index (χ4v) is 3.06. The minimum atomic E-state index is 0.365. The molecule has 0 amide bonds. The summed E-state index contributed by atoms with van der Waals surface area (Å²) in [4.78, 5) is 13.0. The monoisotopic (exact) mass is 230 g/mol. The van der Waals surface area contributed by atoms with Gasteiger partial charge in [-0.3, -0.25) is 4.79 Å². The summed E-state index contributed by atoms with van der Waals surface area (Å²) in [5.74, 6) is 0.365. The van der Waals surface area contributed by atoms with Crippen molar-refractivity contribution in [1.82, 2.24) is 0 Å².